The summed E-state index contributed by atoms with van der Waals surface area (Å²) < 4.78 is 10.2. The maximum Gasteiger partial charge on any atom is 0.410 e. The van der Waals surface area contributed by atoms with Crippen LogP contribution in [0.4, 0.5) is 4.79 Å². The molecule has 1 aliphatic heterocycles. The lowest BCUT2D eigenvalue weighted by Gasteiger charge is -2.32. The molecular weight excluding hydrogens is 393 g/mol. The topological polar surface area (TPSA) is 84.7 Å². The Morgan fingerprint density at radius 2 is 2.11 bits per heavy atom. The summed E-state index contributed by atoms with van der Waals surface area (Å²) >= 11 is 11.9. The molecule has 1 aromatic carbocycles. The Balaban J connectivity index is 1.66. The van der Waals surface area contributed by atoms with Crippen molar-refractivity contribution in [1.82, 2.24) is 15.4 Å². The third-order valence-corrected chi connectivity index (χ3v) is 5.18. The first kappa shape index (κ1) is 19.5. The van der Waals surface area contributed by atoms with Crippen LogP contribution in [0.3, 0.4) is 0 Å². The van der Waals surface area contributed by atoms with Gasteiger partial charge in [0.1, 0.15) is 0 Å². The molecule has 1 saturated heterocycles. The van der Waals surface area contributed by atoms with Gasteiger partial charge in [0, 0.05) is 19.2 Å². The van der Waals surface area contributed by atoms with Gasteiger partial charge in [-0.2, -0.15) is 0 Å². The van der Waals surface area contributed by atoms with Crippen LogP contribution in [0.15, 0.2) is 28.8 Å². The highest BCUT2D eigenvalue weighted by molar-refractivity contribution is 6.42. The number of aromatic nitrogens is 1. The molecule has 1 unspecified atom stereocenters. The van der Waals surface area contributed by atoms with E-state index >= 15 is 0 Å². The Morgan fingerprint density at radius 3 is 2.85 bits per heavy atom. The number of amides is 2. The number of benzene rings is 1. The van der Waals surface area contributed by atoms with Crippen LogP contribution in [0.5, 0.6) is 0 Å². The van der Waals surface area contributed by atoms with Gasteiger partial charge < -0.3 is 14.6 Å². The summed E-state index contributed by atoms with van der Waals surface area (Å²) in [6.45, 7) is 0.854. The third kappa shape index (κ3) is 4.54. The van der Waals surface area contributed by atoms with Gasteiger partial charge in [0.05, 0.1) is 23.2 Å². The SMILES string of the molecule is COC(=O)N1CCCCC1c1cc(C(=O)NCc2ccc(Cl)c(Cl)c2)no1. The molecule has 3 rings (SSSR count). The summed E-state index contributed by atoms with van der Waals surface area (Å²) in [6, 6.07) is 6.42. The van der Waals surface area contributed by atoms with Crippen LogP contribution in [0, 0.1) is 0 Å². The Hall–Kier alpha value is -2.25. The first-order valence-electron chi connectivity index (χ1n) is 8.53. The molecule has 27 heavy (non-hydrogen) atoms. The lowest BCUT2D eigenvalue weighted by molar-refractivity contribution is 0.0799. The number of carbonyl (C=O) groups is 2. The maximum atomic E-state index is 12.3. The van der Waals surface area contributed by atoms with Gasteiger partial charge in [-0.1, -0.05) is 34.4 Å². The molecule has 2 aromatic rings. The number of piperidine rings is 1. The molecule has 1 fully saturated rings. The summed E-state index contributed by atoms with van der Waals surface area (Å²) in [5, 5.41) is 7.47. The Bertz CT molecular complexity index is 840. The summed E-state index contributed by atoms with van der Waals surface area (Å²) in [5.41, 5.74) is 0.964. The fraction of sp³-hybridized carbons (Fsp3) is 0.389. The first-order valence-corrected chi connectivity index (χ1v) is 9.28. The normalized spacial score (nSPS) is 16.9. The number of ether oxygens (including phenoxy) is 1. The number of nitrogens with one attached hydrogen (secondary N) is 1. The van der Waals surface area contributed by atoms with E-state index in [9.17, 15) is 9.59 Å². The van der Waals surface area contributed by atoms with Crippen molar-refractivity contribution in [3.8, 4) is 0 Å². The van der Waals surface area contributed by atoms with Crippen molar-refractivity contribution in [1.29, 1.82) is 0 Å². The second-order valence-corrected chi connectivity index (χ2v) is 7.04. The molecule has 0 saturated carbocycles. The molecule has 0 aliphatic carbocycles. The molecule has 1 aliphatic rings. The number of methoxy groups -OCH3 is 1. The lowest BCUT2D eigenvalue weighted by atomic mass is 10.0. The lowest BCUT2D eigenvalue weighted by Crippen LogP contribution is -2.38. The van der Waals surface area contributed by atoms with Gasteiger partial charge in [-0.25, -0.2) is 4.79 Å². The van der Waals surface area contributed by atoms with Crippen molar-refractivity contribution in [2.45, 2.75) is 31.8 Å². The second kappa shape index (κ2) is 8.63. The van der Waals surface area contributed by atoms with Gasteiger partial charge in [0.2, 0.25) is 0 Å². The van der Waals surface area contributed by atoms with E-state index in [2.05, 4.69) is 10.5 Å². The summed E-state index contributed by atoms with van der Waals surface area (Å²) in [7, 11) is 1.34. The largest absolute Gasteiger partial charge is 0.453 e. The molecule has 2 amide bonds. The number of likely N-dealkylation sites (tertiary alicyclic amines) is 1. The molecule has 0 radical (unpaired) electrons. The first-order chi connectivity index (χ1) is 13.0. The number of hydrogen-bond acceptors (Lipinski definition) is 5. The van der Waals surface area contributed by atoms with Crippen LogP contribution >= 0.6 is 23.2 Å². The van der Waals surface area contributed by atoms with Crippen molar-refractivity contribution in [2.75, 3.05) is 13.7 Å². The van der Waals surface area contributed by atoms with E-state index in [0.29, 0.717) is 22.4 Å². The van der Waals surface area contributed by atoms with Crippen molar-refractivity contribution in [3.63, 3.8) is 0 Å². The van der Waals surface area contributed by atoms with Crippen molar-refractivity contribution < 1.29 is 18.8 Å². The van der Waals surface area contributed by atoms with Crippen LogP contribution in [-0.2, 0) is 11.3 Å². The Kier molecular flexibility index (Phi) is 6.23. The minimum Gasteiger partial charge on any atom is -0.453 e. The van der Waals surface area contributed by atoms with Crippen molar-refractivity contribution in [2.24, 2.45) is 0 Å². The van der Waals surface area contributed by atoms with Gasteiger partial charge in [0.15, 0.2) is 11.5 Å². The fourth-order valence-corrected chi connectivity index (χ4v) is 3.36. The summed E-state index contributed by atoms with van der Waals surface area (Å²) in [5.74, 6) is 0.0938. The average molecular weight is 412 g/mol. The smallest absolute Gasteiger partial charge is 0.410 e. The van der Waals surface area contributed by atoms with Crippen LogP contribution in [0.2, 0.25) is 10.0 Å². The average Bonchev–Trinajstić information content (AvgIpc) is 3.18. The Labute approximate surface area is 166 Å². The highest BCUT2D eigenvalue weighted by Crippen LogP contribution is 2.31. The molecule has 144 valence electrons. The molecule has 0 spiro atoms. The fourth-order valence-electron chi connectivity index (χ4n) is 3.04. The summed E-state index contributed by atoms with van der Waals surface area (Å²) in [4.78, 5) is 25.9. The zero-order chi connectivity index (χ0) is 19.4. The molecular formula is C18H19Cl2N3O4. The van der Waals surface area contributed by atoms with Crippen LogP contribution in [0.25, 0.3) is 0 Å². The summed E-state index contributed by atoms with van der Waals surface area (Å²) in [6.07, 6.45) is 2.17. The Morgan fingerprint density at radius 1 is 1.30 bits per heavy atom. The maximum absolute atomic E-state index is 12.3. The van der Waals surface area contributed by atoms with Crippen LogP contribution < -0.4 is 5.32 Å². The van der Waals surface area contributed by atoms with E-state index in [0.717, 1.165) is 24.8 Å². The minimum atomic E-state index is -0.415. The highest BCUT2D eigenvalue weighted by atomic mass is 35.5. The number of halogens is 2. The minimum absolute atomic E-state index is 0.153. The molecule has 2 heterocycles. The molecule has 9 heteroatoms. The van der Waals surface area contributed by atoms with E-state index in [-0.39, 0.29) is 24.2 Å². The van der Waals surface area contributed by atoms with Crippen molar-refractivity contribution in [3.05, 3.63) is 51.3 Å². The van der Waals surface area contributed by atoms with E-state index < -0.39 is 6.09 Å². The third-order valence-electron chi connectivity index (χ3n) is 4.44. The molecule has 1 atom stereocenters. The highest BCUT2D eigenvalue weighted by Gasteiger charge is 2.32. The molecule has 1 N–H and O–H groups in total. The number of carbonyl (C=O) groups excluding carboxylic acids is 2. The van der Waals surface area contributed by atoms with E-state index in [4.69, 9.17) is 32.5 Å². The quantitative estimate of drug-likeness (QED) is 0.814. The van der Waals surface area contributed by atoms with Crippen LogP contribution in [0.1, 0.15) is 47.1 Å². The molecule has 1 aromatic heterocycles. The second-order valence-electron chi connectivity index (χ2n) is 6.22. The van der Waals surface area contributed by atoms with Crippen molar-refractivity contribution >= 4 is 35.2 Å². The van der Waals surface area contributed by atoms with Gasteiger partial charge in [-0.3, -0.25) is 9.69 Å². The van der Waals surface area contributed by atoms with E-state index in [1.54, 1.807) is 29.2 Å². The van der Waals surface area contributed by atoms with Gasteiger partial charge in [-0.05, 0) is 37.0 Å². The van der Waals surface area contributed by atoms with E-state index in [1.165, 1.54) is 7.11 Å². The monoisotopic (exact) mass is 411 g/mol. The number of rotatable bonds is 4. The van der Waals surface area contributed by atoms with Gasteiger partial charge >= 0.3 is 6.09 Å². The van der Waals surface area contributed by atoms with Gasteiger partial charge in [0.25, 0.3) is 5.91 Å². The molecule has 7 nitrogen and oxygen atoms in total. The van der Waals surface area contributed by atoms with Crippen LogP contribution in [-0.4, -0.2) is 35.7 Å². The zero-order valence-corrected chi connectivity index (χ0v) is 16.2. The van der Waals surface area contributed by atoms with Gasteiger partial charge in [-0.15, -0.1) is 0 Å². The standard InChI is InChI=1S/C18H19Cl2N3O4/c1-26-18(25)23-7-3-2-4-15(23)16-9-14(22-27-16)17(24)21-10-11-5-6-12(19)13(20)8-11/h5-6,8-9,15H,2-4,7,10H2,1H3,(H,21,24). The number of hydrogen-bond donors (Lipinski definition) is 1. The van der Waals surface area contributed by atoms with E-state index in [1.807, 2.05) is 0 Å². The predicted molar refractivity (Wildman–Crippen MR) is 99.8 cm³/mol. The molecule has 0 bridgehead atoms. The predicted octanol–water partition coefficient (Wildman–Crippen LogP) is 4.20. The number of nitrogens with zero attached hydrogens (tertiary/aromatic N) is 2. The zero-order valence-electron chi connectivity index (χ0n) is 14.7.